The van der Waals surface area contributed by atoms with E-state index in [1.807, 2.05) is 32.0 Å². The molecule has 0 spiro atoms. The minimum atomic E-state index is -1.10. The molecule has 35 heavy (non-hydrogen) atoms. The van der Waals surface area contributed by atoms with E-state index in [0.717, 1.165) is 11.3 Å². The number of aromatic amines is 1. The topological polar surface area (TPSA) is 94.1 Å². The minimum absolute atomic E-state index is 0.0117. The number of carbonyl (C=O) groups is 1. The number of pyridine rings is 1. The van der Waals surface area contributed by atoms with Crippen LogP contribution in [0.2, 0.25) is 10.0 Å². The first kappa shape index (κ1) is 25.4. The van der Waals surface area contributed by atoms with Gasteiger partial charge >= 0.3 is 5.97 Å². The first-order valence-electron chi connectivity index (χ1n) is 11.5. The number of nitrogens with zero attached hydrogens (tertiary/aromatic N) is 3. The average molecular weight is 520 g/mol. The molecule has 186 valence electrons. The summed E-state index contributed by atoms with van der Waals surface area (Å²) in [6, 6.07) is 10.1. The molecule has 0 radical (unpaired) electrons. The van der Waals surface area contributed by atoms with Crippen LogP contribution >= 0.6 is 23.2 Å². The van der Waals surface area contributed by atoms with Gasteiger partial charge in [-0.25, -0.2) is 9.37 Å². The fourth-order valence-electron chi connectivity index (χ4n) is 4.78. The van der Waals surface area contributed by atoms with Crippen LogP contribution in [-0.2, 0) is 17.6 Å². The van der Waals surface area contributed by atoms with E-state index in [9.17, 15) is 14.3 Å². The molecule has 0 unspecified atom stereocenters. The van der Waals surface area contributed by atoms with Gasteiger partial charge in [-0.05, 0) is 69.5 Å². The molecule has 0 amide bonds. The molecule has 7 nitrogen and oxygen atoms in total. The second kappa shape index (κ2) is 10.5. The van der Waals surface area contributed by atoms with Gasteiger partial charge in [0.1, 0.15) is 11.6 Å². The molecule has 1 aliphatic rings. The number of benzene rings is 1. The van der Waals surface area contributed by atoms with Gasteiger partial charge in [0, 0.05) is 40.8 Å². The van der Waals surface area contributed by atoms with E-state index in [4.69, 9.17) is 23.2 Å². The lowest BCUT2D eigenvalue weighted by Crippen LogP contribution is -2.50. The number of hydrogen-bond acceptors (Lipinski definition) is 5. The van der Waals surface area contributed by atoms with Crippen molar-refractivity contribution in [2.75, 3.05) is 18.4 Å². The standard InChI is InChI=1S/C25H28Cl2FN5O2/c1-15-12-23(32-31-15)30-22-7-6-20(28)21(29-22)14-25(24(34)35)9-11-33(16(2)13-25)10-8-17-18(26)4-3-5-19(17)27/h3-7,12,16H,8-11,13-14H2,1-2H3,(H,34,35)(H2,29,30,31,32)/t16-,25-/m1/s1. The number of nitrogens with one attached hydrogen (secondary N) is 2. The number of anilines is 2. The SMILES string of the molecule is Cc1cc(Nc2ccc(F)c(C[C@@]3(C(=O)O)CCN(CCc4c(Cl)cccc4Cl)[C@H](C)C3)n2)n[nH]1. The minimum Gasteiger partial charge on any atom is -0.481 e. The summed E-state index contributed by atoms with van der Waals surface area (Å²) in [6.07, 6.45) is 1.45. The molecule has 2 atom stereocenters. The van der Waals surface area contributed by atoms with Crippen molar-refractivity contribution in [3.63, 3.8) is 0 Å². The first-order valence-corrected chi connectivity index (χ1v) is 12.3. The Morgan fingerprint density at radius 3 is 2.66 bits per heavy atom. The highest BCUT2D eigenvalue weighted by atomic mass is 35.5. The second-order valence-electron chi connectivity index (χ2n) is 9.24. The van der Waals surface area contributed by atoms with Crippen LogP contribution in [0.4, 0.5) is 16.0 Å². The van der Waals surface area contributed by atoms with Gasteiger partial charge in [0.15, 0.2) is 5.82 Å². The maximum atomic E-state index is 14.7. The van der Waals surface area contributed by atoms with Gasteiger partial charge in [0.05, 0.1) is 11.1 Å². The number of halogens is 3. The Hall–Kier alpha value is -2.68. The molecule has 1 fully saturated rings. The fraction of sp³-hybridized carbons (Fsp3) is 0.400. The number of rotatable bonds is 8. The summed E-state index contributed by atoms with van der Waals surface area (Å²) in [5.74, 6) is -0.477. The van der Waals surface area contributed by atoms with Crippen molar-refractivity contribution in [2.45, 2.75) is 45.6 Å². The quantitative estimate of drug-likeness (QED) is 0.356. The third-order valence-corrected chi connectivity index (χ3v) is 7.45. The molecule has 2 aromatic heterocycles. The largest absolute Gasteiger partial charge is 0.481 e. The molecule has 0 saturated carbocycles. The van der Waals surface area contributed by atoms with E-state index in [0.29, 0.717) is 54.0 Å². The van der Waals surface area contributed by atoms with Gasteiger partial charge in [-0.3, -0.25) is 9.89 Å². The second-order valence-corrected chi connectivity index (χ2v) is 10.1. The Balaban J connectivity index is 1.47. The maximum absolute atomic E-state index is 14.7. The number of aliphatic carboxylic acids is 1. The number of carboxylic acid groups (broad SMARTS) is 1. The highest BCUT2D eigenvalue weighted by molar-refractivity contribution is 6.36. The molecule has 1 aliphatic heterocycles. The Morgan fingerprint density at radius 1 is 1.29 bits per heavy atom. The molecule has 10 heteroatoms. The van der Waals surface area contributed by atoms with E-state index in [2.05, 4.69) is 25.4 Å². The van der Waals surface area contributed by atoms with Crippen LogP contribution in [0.3, 0.4) is 0 Å². The van der Waals surface area contributed by atoms with Crippen molar-refractivity contribution < 1.29 is 14.3 Å². The van der Waals surface area contributed by atoms with Crippen molar-refractivity contribution in [1.82, 2.24) is 20.1 Å². The molecule has 0 bridgehead atoms. The van der Waals surface area contributed by atoms with E-state index >= 15 is 0 Å². The number of aromatic nitrogens is 3. The van der Waals surface area contributed by atoms with Crippen molar-refractivity contribution in [1.29, 1.82) is 0 Å². The van der Waals surface area contributed by atoms with Gasteiger partial charge in [0.25, 0.3) is 0 Å². The number of H-pyrrole nitrogens is 1. The summed E-state index contributed by atoms with van der Waals surface area (Å²) in [4.78, 5) is 19.1. The van der Waals surface area contributed by atoms with E-state index in [1.54, 1.807) is 6.07 Å². The van der Waals surface area contributed by atoms with Gasteiger partial charge < -0.3 is 15.3 Å². The number of likely N-dealkylation sites (tertiary alicyclic amines) is 1. The Bertz CT molecular complexity index is 1200. The lowest BCUT2D eigenvalue weighted by atomic mass is 9.72. The predicted octanol–water partition coefficient (Wildman–Crippen LogP) is 5.64. The van der Waals surface area contributed by atoms with Crippen molar-refractivity contribution in [3.05, 3.63) is 69.2 Å². The number of carboxylic acids is 1. The molecule has 3 heterocycles. The highest BCUT2D eigenvalue weighted by Crippen LogP contribution is 2.39. The van der Waals surface area contributed by atoms with E-state index < -0.39 is 17.2 Å². The summed E-state index contributed by atoms with van der Waals surface area (Å²) in [5.41, 5.74) is 0.791. The van der Waals surface area contributed by atoms with Crippen LogP contribution in [0.1, 0.15) is 36.7 Å². The van der Waals surface area contributed by atoms with Crippen LogP contribution in [0.25, 0.3) is 0 Å². The Labute approximate surface area is 213 Å². The smallest absolute Gasteiger partial charge is 0.310 e. The molecule has 1 aromatic carbocycles. The summed E-state index contributed by atoms with van der Waals surface area (Å²) in [7, 11) is 0. The monoisotopic (exact) mass is 519 g/mol. The first-order chi connectivity index (χ1) is 16.7. The Kier molecular flexibility index (Phi) is 7.64. The van der Waals surface area contributed by atoms with E-state index in [-0.39, 0.29) is 18.2 Å². The van der Waals surface area contributed by atoms with Crippen molar-refractivity contribution in [2.24, 2.45) is 5.41 Å². The maximum Gasteiger partial charge on any atom is 0.310 e. The summed E-state index contributed by atoms with van der Waals surface area (Å²) >= 11 is 12.6. The lowest BCUT2D eigenvalue weighted by molar-refractivity contribution is -0.153. The van der Waals surface area contributed by atoms with E-state index in [1.165, 1.54) is 12.1 Å². The fourth-order valence-corrected chi connectivity index (χ4v) is 5.36. The molecule has 1 saturated heterocycles. The highest BCUT2D eigenvalue weighted by Gasteiger charge is 2.45. The summed E-state index contributed by atoms with van der Waals surface area (Å²) in [6.45, 7) is 5.15. The third-order valence-electron chi connectivity index (χ3n) is 6.74. The van der Waals surface area contributed by atoms with Crippen molar-refractivity contribution in [3.8, 4) is 0 Å². The van der Waals surface area contributed by atoms with Gasteiger partial charge in [-0.2, -0.15) is 5.10 Å². The predicted molar refractivity (Wildman–Crippen MR) is 135 cm³/mol. The zero-order valence-electron chi connectivity index (χ0n) is 19.6. The van der Waals surface area contributed by atoms with Crippen LogP contribution < -0.4 is 5.32 Å². The molecule has 3 aromatic rings. The lowest BCUT2D eigenvalue weighted by Gasteiger charge is -2.43. The summed E-state index contributed by atoms with van der Waals surface area (Å²) < 4.78 is 14.7. The van der Waals surface area contributed by atoms with Crippen molar-refractivity contribution >= 4 is 40.8 Å². The van der Waals surface area contributed by atoms with Crippen LogP contribution in [0, 0.1) is 18.2 Å². The van der Waals surface area contributed by atoms with Gasteiger partial charge in [-0.15, -0.1) is 0 Å². The van der Waals surface area contributed by atoms with Crippen LogP contribution in [0.5, 0.6) is 0 Å². The number of aryl methyl sites for hydroxylation is 1. The molecule has 0 aliphatic carbocycles. The van der Waals surface area contributed by atoms with Crippen LogP contribution in [0.15, 0.2) is 36.4 Å². The molecular weight excluding hydrogens is 492 g/mol. The Morgan fingerprint density at radius 2 is 2.03 bits per heavy atom. The van der Waals surface area contributed by atoms with Gasteiger partial charge in [0.2, 0.25) is 0 Å². The summed E-state index contributed by atoms with van der Waals surface area (Å²) in [5, 5.41) is 21.4. The zero-order chi connectivity index (χ0) is 25.2. The van der Waals surface area contributed by atoms with Crippen LogP contribution in [-0.4, -0.2) is 50.3 Å². The normalized spacial score (nSPS) is 20.7. The van der Waals surface area contributed by atoms with Gasteiger partial charge in [-0.1, -0.05) is 29.3 Å². The number of piperidine rings is 1. The average Bonchev–Trinajstić information content (AvgIpc) is 3.21. The molecule has 4 rings (SSSR count). The zero-order valence-corrected chi connectivity index (χ0v) is 21.1. The number of hydrogen-bond donors (Lipinski definition) is 3. The molecular formula is C25H28Cl2FN5O2. The molecule has 3 N–H and O–H groups in total. The third kappa shape index (κ3) is 5.77.